The number of aryl methyl sites for hydroxylation is 2. The SMILES string of the molecule is CCCOCc1ccccc1CN=C(N)Nc1ccc(C)c(C)c1.I. The number of halogens is 1. The molecule has 5 heteroatoms. The lowest BCUT2D eigenvalue weighted by Crippen LogP contribution is -2.22. The number of hydrogen-bond donors (Lipinski definition) is 2. The first-order valence-electron chi connectivity index (χ1n) is 8.39. The molecule has 2 rings (SSSR count). The second-order valence-electron chi connectivity index (χ2n) is 5.95. The minimum absolute atomic E-state index is 0. The molecule has 25 heavy (non-hydrogen) atoms. The van der Waals surface area contributed by atoms with Crippen LogP contribution in [0.2, 0.25) is 0 Å². The Morgan fingerprint density at radius 3 is 2.48 bits per heavy atom. The smallest absolute Gasteiger partial charge is 0.193 e. The van der Waals surface area contributed by atoms with Gasteiger partial charge in [-0.3, -0.25) is 0 Å². The van der Waals surface area contributed by atoms with Crippen molar-refractivity contribution in [3.8, 4) is 0 Å². The molecule has 0 saturated carbocycles. The van der Waals surface area contributed by atoms with Crippen molar-refractivity contribution in [1.29, 1.82) is 0 Å². The van der Waals surface area contributed by atoms with Gasteiger partial charge in [0.2, 0.25) is 0 Å². The van der Waals surface area contributed by atoms with E-state index in [0.717, 1.165) is 29.8 Å². The van der Waals surface area contributed by atoms with Crippen LogP contribution in [0, 0.1) is 13.8 Å². The number of nitrogens with two attached hydrogens (primary N) is 1. The summed E-state index contributed by atoms with van der Waals surface area (Å²) in [6.45, 7) is 8.21. The average Bonchev–Trinajstić information content (AvgIpc) is 2.57. The van der Waals surface area contributed by atoms with Crippen LogP contribution < -0.4 is 11.1 Å². The monoisotopic (exact) mass is 453 g/mol. The highest BCUT2D eigenvalue weighted by Gasteiger charge is 2.02. The third kappa shape index (κ3) is 7.04. The summed E-state index contributed by atoms with van der Waals surface area (Å²) in [6.07, 6.45) is 1.02. The zero-order chi connectivity index (χ0) is 17.4. The Labute approximate surface area is 167 Å². The van der Waals surface area contributed by atoms with E-state index in [2.05, 4.69) is 55.3 Å². The summed E-state index contributed by atoms with van der Waals surface area (Å²) in [6, 6.07) is 14.3. The second-order valence-corrected chi connectivity index (χ2v) is 5.95. The van der Waals surface area contributed by atoms with E-state index in [1.165, 1.54) is 11.1 Å². The van der Waals surface area contributed by atoms with Crippen LogP contribution in [0.3, 0.4) is 0 Å². The van der Waals surface area contributed by atoms with Gasteiger partial charge in [-0.2, -0.15) is 0 Å². The van der Waals surface area contributed by atoms with E-state index >= 15 is 0 Å². The van der Waals surface area contributed by atoms with Gasteiger partial charge in [0.05, 0.1) is 13.2 Å². The van der Waals surface area contributed by atoms with E-state index in [0.29, 0.717) is 19.1 Å². The molecular weight excluding hydrogens is 425 g/mol. The molecule has 0 aliphatic heterocycles. The molecule has 0 aliphatic carbocycles. The van der Waals surface area contributed by atoms with E-state index in [-0.39, 0.29) is 24.0 Å². The topological polar surface area (TPSA) is 59.6 Å². The van der Waals surface area contributed by atoms with Crippen molar-refractivity contribution in [1.82, 2.24) is 0 Å². The quantitative estimate of drug-likeness (QED) is 0.275. The molecule has 0 aromatic heterocycles. The lowest BCUT2D eigenvalue weighted by molar-refractivity contribution is 0.121. The molecule has 0 bridgehead atoms. The highest BCUT2D eigenvalue weighted by molar-refractivity contribution is 14.0. The summed E-state index contributed by atoms with van der Waals surface area (Å²) >= 11 is 0. The van der Waals surface area contributed by atoms with Crippen molar-refractivity contribution in [2.24, 2.45) is 10.7 Å². The van der Waals surface area contributed by atoms with Crippen LogP contribution in [-0.4, -0.2) is 12.6 Å². The van der Waals surface area contributed by atoms with E-state index in [9.17, 15) is 0 Å². The number of ether oxygens (including phenoxy) is 1. The van der Waals surface area contributed by atoms with E-state index in [1.807, 2.05) is 18.2 Å². The molecule has 4 nitrogen and oxygen atoms in total. The van der Waals surface area contributed by atoms with Gasteiger partial charge in [0.25, 0.3) is 0 Å². The highest BCUT2D eigenvalue weighted by Crippen LogP contribution is 2.15. The van der Waals surface area contributed by atoms with Gasteiger partial charge in [0.15, 0.2) is 5.96 Å². The molecule has 0 spiro atoms. The van der Waals surface area contributed by atoms with Crippen LogP contribution in [0.15, 0.2) is 47.5 Å². The number of rotatable bonds is 7. The summed E-state index contributed by atoms with van der Waals surface area (Å²) in [5.41, 5.74) is 11.8. The maximum atomic E-state index is 6.02. The summed E-state index contributed by atoms with van der Waals surface area (Å²) in [5, 5.41) is 3.15. The third-order valence-electron chi connectivity index (χ3n) is 3.92. The molecule has 2 aromatic rings. The summed E-state index contributed by atoms with van der Waals surface area (Å²) in [4.78, 5) is 4.46. The van der Waals surface area contributed by atoms with Gasteiger partial charge in [-0.05, 0) is 54.7 Å². The molecule has 0 aliphatic rings. The molecule has 0 saturated heterocycles. The number of hydrogen-bond acceptors (Lipinski definition) is 2. The van der Waals surface area contributed by atoms with E-state index in [4.69, 9.17) is 10.5 Å². The third-order valence-corrected chi connectivity index (χ3v) is 3.92. The number of anilines is 1. The molecule has 0 radical (unpaired) electrons. The zero-order valence-corrected chi connectivity index (χ0v) is 17.5. The number of benzene rings is 2. The van der Waals surface area contributed by atoms with Gasteiger partial charge in [0.1, 0.15) is 0 Å². The Balaban J connectivity index is 0.00000312. The first kappa shape index (κ1) is 21.4. The zero-order valence-electron chi connectivity index (χ0n) is 15.2. The molecule has 0 atom stereocenters. The summed E-state index contributed by atoms with van der Waals surface area (Å²) < 4.78 is 5.64. The Morgan fingerprint density at radius 2 is 1.80 bits per heavy atom. The number of aliphatic imine (C=N–C) groups is 1. The first-order chi connectivity index (χ1) is 11.6. The van der Waals surface area contributed by atoms with Crippen molar-refractivity contribution in [2.45, 2.75) is 40.3 Å². The fourth-order valence-corrected chi connectivity index (χ4v) is 2.36. The van der Waals surface area contributed by atoms with Gasteiger partial charge >= 0.3 is 0 Å². The lowest BCUT2D eigenvalue weighted by Gasteiger charge is -2.10. The minimum Gasteiger partial charge on any atom is -0.377 e. The maximum absolute atomic E-state index is 6.02. The highest BCUT2D eigenvalue weighted by atomic mass is 127. The number of nitrogens with zero attached hydrogens (tertiary/aromatic N) is 1. The van der Waals surface area contributed by atoms with Crippen LogP contribution in [0.1, 0.15) is 35.6 Å². The fraction of sp³-hybridized carbons (Fsp3) is 0.350. The first-order valence-corrected chi connectivity index (χ1v) is 8.39. The Hall–Kier alpha value is -1.60. The lowest BCUT2D eigenvalue weighted by atomic mass is 10.1. The van der Waals surface area contributed by atoms with Gasteiger partial charge in [0, 0.05) is 12.3 Å². The standard InChI is InChI=1S/C20H27N3O.HI/c1-4-11-24-14-18-8-6-5-7-17(18)13-22-20(21)23-19-10-9-15(2)16(3)12-19;/h5-10,12H,4,11,13-14H2,1-3H3,(H3,21,22,23);1H. The molecule has 0 fully saturated rings. The van der Waals surface area contributed by atoms with E-state index in [1.54, 1.807) is 0 Å². The summed E-state index contributed by atoms with van der Waals surface area (Å²) in [5.74, 6) is 0.419. The molecule has 136 valence electrons. The molecule has 3 N–H and O–H groups in total. The molecule has 2 aromatic carbocycles. The van der Waals surface area contributed by atoms with E-state index < -0.39 is 0 Å². The Bertz CT molecular complexity index is 701. The summed E-state index contributed by atoms with van der Waals surface area (Å²) in [7, 11) is 0. The normalized spacial score (nSPS) is 11.1. The number of guanidine groups is 1. The van der Waals surface area contributed by atoms with Crippen molar-refractivity contribution in [3.63, 3.8) is 0 Å². The fourth-order valence-electron chi connectivity index (χ4n) is 2.36. The van der Waals surface area contributed by atoms with Crippen molar-refractivity contribution in [2.75, 3.05) is 11.9 Å². The molecule has 0 unspecified atom stereocenters. The Morgan fingerprint density at radius 1 is 1.08 bits per heavy atom. The van der Waals surface area contributed by atoms with Crippen LogP contribution in [0.5, 0.6) is 0 Å². The average molecular weight is 453 g/mol. The molecule has 0 amide bonds. The predicted octanol–water partition coefficient (Wildman–Crippen LogP) is 4.77. The predicted molar refractivity (Wildman–Crippen MR) is 117 cm³/mol. The maximum Gasteiger partial charge on any atom is 0.193 e. The van der Waals surface area contributed by atoms with Crippen LogP contribution in [0.4, 0.5) is 5.69 Å². The van der Waals surface area contributed by atoms with Gasteiger partial charge in [-0.1, -0.05) is 37.3 Å². The van der Waals surface area contributed by atoms with Crippen molar-refractivity contribution < 1.29 is 4.74 Å². The minimum atomic E-state index is 0. The van der Waals surface area contributed by atoms with Crippen LogP contribution in [0.25, 0.3) is 0 Å². The van der Waals surface area contributed by atoms with Crippen LogP contribution in [-0.2, 0) is 17.9 Å². The van der Waals surface area contributed by atoms with Crippen LogP contribution >= 0.6 is 24.0 Å². The van der Waals surface area contributed by atoms with Gasteiger partial charge in [-0.25, -0.2) is 4.99 Å². The Kier molecular flexibility index (Phi) is 9.52. The molecular formula is C20H28IN3O. The van der Waals surface area contributed by atoms with Crippen molar-refractivity contribution >= 4 is 35.6 Å². The van der Waals surface area contributed by atoms with Gasteiger partial charge < -0.3 is 15.8 Å². The van der Waals surface area contributed by atoms with Gasteiger partial charge in [-0.15, -0.1) is 24.0 Å². The van der Waals surface area contributed by atoms with Crippen molar-refractivity contribution in [3.05, 3.63) is 64.7 Å². The molecule has 0 heterocycles. The largest absolute Gasteiger partial charge is 0.377 e. The number of nitrogens with one attached hydrogen (secondary N) is 1. The second kappa shape index (κ2) is 11.1.